The van der Waals surface area contributed by atoms with E-state index in [0.717, 1.165) is 0 Å². The summed E-state index contributed by atoms with van der Waals surface area (Å²) in [6.07, 6.45) is -9.71. The molecule has 3 saturated heterocycles. The van der Waals surface area contributed by atoms with Gasteiger partial charge in [0.25, 0.3) is 0 Å². The number of ketones is 1. The molecular formula is C37H69NO14. The van der Waals surface area contributed by atoms with E-state index in [1.807, 2.05) is 25.9 Å². The maximum Gasteiger partial charge on any atom is 0.311 e. The minimum absolute atomic E-state index is 0. The quantitative estimate of drug-likeness (QED) is 0.229. The fourth-order valence-electron chi connectivity index (χ4n) is 8.41. The van der Waals surface area contributed by atoms with Gasteiger partial charge in [-0.3, -0.25) is 9.59 Å². The number of carbonyl (C=O) groups is 2. The highest BCUT2D eigenvalue weighted by molar-refractivity contribution is 5.83. The molecule has 7 N–H and O–H groups in total. The van der Waals surface area contributed by atoms with Crippen LogP contribution in [0.2, 0.25) is 0 Å². The van der Waals surface area contributed by atoms with Crippen molar-refractivity contribution in [1.82, 2.24) is 4.90 Å². The van der Waals surface area contributed by atoms with E-state index in [1.54, 1.807) is 41.5 Å². The molecule has 306 valence electrons. The largest absolute Gasteiger partial charge is 0.459 e. The minimum Gasteiger partial charge on any atom is -0.459 e. The number of aliphatic hydroxyl groups excluding tert-OH is 3. The van der Waals surface area contributed by atoms with Gasteiger partial charge in [0.15, 0.2) is 12.6 Å². The Morgan fingerprint density at radius 2 is 1.48 bits per heavy atom. The van der Waals surface area contributed by atoms with Gasteiger partial charge < -0.3 is 64.3 Å². The molecule has 0 aromatic carbocycles. The molecule has 3 aliphatic heterocycles. The number of aliphatic hydroxyl groups is 5. The Balaban J connectivity index is 0.00000936. The first-order valence-electron chi connectivity index (χ1n) is 18.5. The van der Waals surface area contributed by atoms with Crippen LogP contribution in [0, 0.1) is 23.7 Å². The lowest BCUT2D eigenvalue weighted by molar-refractivity contribution is -0.318. The number of hydrogen-bond acceptors (Lipinski definition) is 14. The summed E-state index contributed by atoms with van der Waals surface area (Å²) in [7, 11) is 5.18. The number of esters is 1. The zero-order valence-electron chi connectivity index (χ0n) is 33.4. The average molecular weight is 752 g/mol. The molecule has 0 radical (unpaired) electrons. The van der Waals surface area contributed by atoms with Crippen LogP contribution in [0.4, 0.5) is 0 Å². The molecular weight excluding hydrogens is 682 g/mol. The van der Waals surface area contributed by atoms with Gasteiger partial charge in [0, 0.05) is 37.3 Å². The summed E-state index contributed by atoms with van der Waals surface area (Å²) in [4.78, 5) is 29.8. The molecule has 15 heteroatoms. The zero-order chi connectivity index (χ0) is 39.0. The fourth-order valence-corrected chi connectivity index (χ4v) is 8.41. The van der Waals surface area contributed by atoms with Crippen molar-refractivity contribution in [2.75, 3.05) is 21.2 Å². The summed E-state index contributed by atoms with van der Waals surface area (Å²) in [5.41, 5.74) is -4.84. The van der Waals surface area contributed by atoms with Gasteiger partial charge in [0.1, 0.15) is 29.7 Å². The predicted octanol–water partition coefficient (Wildman–Crippen LogP) is 0.961. The van der Waals surface area contributed by atoms with Crippen molar-refractivity contribution in [3.05, 3.63) is 0 Å². The molecule has 0 amide bonds. The van der Waals surface area contributed by atoms with E-state index >= 15 is 0 Å². The second kappa shape index (κ2) is 18.1. The molecule has 0 bridgehead atoms. The zero-order valence-corrected chi connectivity index (χ0v) is 33.4. The van der Waals surface area contributed by atoms with Gasteiger partial charge in [-0.25, -0.2) is 0 Å². The first-order valence-corrected chi connectivity index (χ1v) is 18.5. The van der Waals surface area contributed by atoms with Crippen LogP contribution in [0.25, 0.3) is 0 Å². The average Bonchev–Trinajstić information content (AvgIpc) is 3.05. The van der Waals surface area contributed by atoms with Crippen molar-refractivity contribution < 1.29 is 69.0 Å². The molecule has 3 fully saturated rings. The number of methoxy groups -OCH3 is 1. The first kappa shape index (κ1) is 46.8. The van der Waals surface area contributed by atoms with Crippen LogP contribution < -0.4 is 0 Å². The number of carbonyl (C=O) groups excluding carboxylic acids is 2. The molecule has 0 saturated carbocycles. The smallest absolute Gasteiger partial charge is 0.311 e. The summed E-state index contributed by atoms with van der Waals surface area (Å²) in [6, 6.07) is -0.324. The third-order valence-corrected chi connectivity index (χ3v) is 11.8. The molecule has 3 aliphatic rings. The number of hydrogen-bond donors (Lipinski definition) is 5. The van der Waals surface area contributed by atoms with E-state index in [4.69, 9.17) is 28.4 Å². The SMILES string of the molecule is CCC1OC(=O)C(C)C(O[C@H]2C[C@@](C)(OC)C(O)C(C)O2)C(C)C(O[C@H]2OC(C)CC(N(C)C)C2O)[C@](C)(O)CC(C)C(=O)C(C)C(O)[C@]1(C)O.O. The third kappa shape index (κ3) is 9.90. The number of likely N-dealkylation sites (N-methyl/N-ethyl adjacent to an activating group) is 1. The van der Waals surface area contributed by atoms with E-state index in [-0.39, 0.29) is 36.9 Å². The van der Waals surface area contributed by atoms with Crippen molar-refractivity contribution in [3.63, 3.8) is 0 Å². The summed E-state index contributed by atoms with van der Waals surface area (Å²) >= 11 is 0. The van der Waals surface area contributed by atoms with Gasteiger partial charge in [-0.05, 0) is 74.9 Å². The molecule has 18 atom stereocenters. The highest BCUT2D eigenvalue weighted by Gasteiger charge is 2.53. The van der Waals surface area contributed by atoms with Crippen LogP contribution in [0.15, 0.2) is 0 Å². The van der Waals surface area contributed by atoms with Gasteiger partial charge in [-0.1, -0.05) is 27.7 Å². The van der Waals surface area contributed by atoms with Crippen molar-refractivity contribution in [1.29, 1.82) is 0 Å². The Morgan fingerprint density at radius 1 is 0.885 bits per heavy atom. The fraction of sp³-hybridized carbons (Fsp3) is 0.946. The van der Waals surface area contributed by atoms with E-state index in [9.17, 15) is 35.1 Å². The standard InChI is InChI=1S/C37H67NO13.H2O/c1-14-25-37(10,45)30(41)20(4)27(39)18(2)16-35(8,44)32(51-34-28(40)24(38(11)12)15-19(3)47-34)21(5)29(22(6)33(43)49-25)50-26-17-36(9,46-13)31(42)23(7)48-26;/h18-26,28-32,34,40-42,44-45H,14-17H2,1-13H3;1H2/t18?,19?,20?,21?,22?,23?,24?,25?,26-,28?,29?,30?,31?,32?,34+,35+,36+,37+;/m0./s1. The lowest BCUT2D eigenvalue weighted by atomic mass is 9.74. The second-order valence-corrected chi connectivity index (χ2v) is 16.5. The van der Waals surface area contributed by atoms with Gasteiger partial charge in [-0.2, -0.15) is 0 Å². The van der Waals surface area contributed by atoms with E-state index in [2.05, 4.69) is 0 Å². The molecule has 0 spiro atoms. The summed E-state index contributed by atoms with van der Waals surface area (Å²) in [5.74, 6) is -4.98. The Bertz CT molecular complexity index is 1170. The van der Waals surface area contributed by atoms with Crippen LogP contribution in [0.5, 0.6) is 0 Å². The molecule has 0 aromatic rings. The highest BCUT2D eigenvalue weighted by atomic mass is 16.7. The number of cyclic esters (lactones) is 1. The Hall–Kier alpha value is -1.34. The normalized spacial score (nSPS) is 48.8. The van der Waals surface area contributed by atoms with Crippen molar-refractivity contribution in [3.8, 4) is 0 Å². The highest BCUT2D eigenvalue weighted by Crippen LogP contribution is 2.40. The lowest BCUT2D eigenvalue weighted by Crippen LogP contribution is -2.61. The van der Waals surface area contributed by atoms with Gasteiger partial charge in [0.05, 0.1) is 47.6 Å². The summed E-state index contributed by atoms with van der Waals surface area (Å²) in [6.45, 7) is 16.3. The molecule has 3 rings (SSSR count). The molecule has 3 heterocycles. The predicted molar refractivity (Wildman–Crippen MR) is 190 cm³/mol. The third-order valence-electron chi connectivity index (χ3n) is 11.8. The van der Waals surface area contributed by atoms with Gasteiger partial charge in [-0.15, -0.1) is 0 Å². The van der Waals surface area contributed by atoms with Gasteiger partial charge in [0.2, 0.25) is 0 Å². The van der Waals surface area contributed by atoms with E-state index in [1.165, 1.54) is 27.9 Å². The minimum atomic E-state index is -1.99. The number of rotatable bonds is 7. The topological polar surface area (TPSA) is 225 Å². The van der Waals surface area contributed by atoms with Crippen molar-refractivity contribution >= 4 is 11.8 Å². The van der Waals surface area contributed by atoms with Crippen LogP contribution in [-0.4, -0.2) is 153 Å². The molecule has 13 unspecified atom stereocenters. The molecule has 15 nitrogen and oxygen atoms in total. The Labute approximate surface area is 309 Å². The van der Waals surface area contributed by atoms with Crippen molar-refractivity contribution in [2.45, 2.75) is 179 Å². The van der Waals surface area contributed by atoms with E-state index in [0.29, 0.717) is 6.42 Å². The molecule has 0 aliphatic carbocycles. The molecule has 52 heavy (non-hydrogen) atoms. The molecule has 0 aromatic heterocycles. The second-order valence-electron chi connectivity index (χ2n) is 16.5. The Morgan fingerprint density at radius 3 is 2.02 bits per heavy atom. The number of ether oxygens (including phenoxy) is 6. The van der Waals surface area contributed by atoms with Crippen LogP contribution in [0.1, 0.15) is 94.9 Å². The van der Waals surface area contributed by atoms with Gasteiger partial charge >= 0.3 is 5.97 Å². The monoisotopic (exact) mass is 751 g/mol. The summed E-state index contributed by atoms with van der Waals surface area (Å²) in [5, 5.41) is 57.6. The van der Waals surface area contributed by atoms with Crippen LogP contribution in [-0.2, 0) is 38.0 Å². The maximum absolute atomic E-state index is 14.1. The number of nitrogens with zero attached hydrogens (tertiary/aromatic N) is 1. The van der Waals surface area contributed by atoms with Crippen LogP contribution >= 0.6 is 0 Å². The lowest BCUT2D eigenvalue weighted by Gasteiger charge is -2.49. The first-order chi connectivity index (χ1) is 23.4. The summed E-state index contributed by atoms with van der Waals surface area (Å²) < 4.78 is 37.1. The Kier molecular flexibility index (Phi) is 16.3. The number of Topliss-reactive ketones (excluding diaryl/α,β-unsaturated/α-hetero) is 1. The maximum atomic E-state index is 14.1. The van der Waals surface area contributed by atoms with Crippen LogP contribution in [0.3, 0.4) is 0 Å². The van der Waals surface area contributed by atoms with Crippen molar-refractivity contribution in [2.24, 2.45) is 23.7 Å². The van der Waals surface area contributed by atoms with E-state index < -0.39 is 108 Å².